The summed E-state index contributed by atoms with van der Waals surface area (Å²) in [5, 5.41) is 9.06. The Morgan fingerprint density at radius 1 is 0.929 bits per heavy atom. The molecule has 1 saturated carbocycles. The third-order valence-corrected chi connectivity index (χ3v) is 3.75. The summed E-state index contributed by atoms with van der Waals surface area (Å²) in [6, 6.07) is 3.09. The number of hydrogen-bond acceptors (Lipinski definition) is 2. The van der Waals surface area contributed by atoms with Crippen LogP contribution in [-0.4, -0.2) is 24.0 Å². The van der Waals surface area contributed by atoms with Crippen molar-refractivity contribution >= 4 is 0 Å². The van der Waals surface area contributed by atoms with E-state index in [1.54, 1.807) is 0 Å². The Morgan fingerprint density at radius 2 is 1.64 bits per heavy atom. The molecular formula is C12H20N2. The molecule has 2 rings (SSSR count). The smallest absolute Gasteiger partial charge is 0.0672 e. The number of rotatable bonds is 1. The SMILES string of the molecule is N#CC1CCCC1N1CCCCCC1. The normalized spacial score (nSPS) is 35.1. The van der Waals surface area contributed by atoms with Crippen LogP contribution < -0.4 is 0 Å². The molecule has 0 radical (unpaired) electrons. The highest BCUT2D eigenvalue weighted by Gasteiger charge is 2.31. The van der Waals surface area contributed by atoms with Crippen molar-refractivity contribution in [3.63, 3.8) is 0 Å². The van der Waals surface area contributed by atoms with Gasteiger partial charge in [0.25, 0.3) is 0 Å². The van der Waals surface area contributed by atoms with E-state index in [-0.39, 0.29) is 0 Å². The number of nitriles is 1. The first kappa shape index (κ1) is 9.98. The molecule has 0 aromatic carbocycles. The van der Waals surface area contributed by atoms with Gasteiger partial charge in [-0.3, -0.25) is 4.90 Å². The first-order chi connectivity index (χ1) is 6.92. The van der Waals surface area contributed by atoms with E-state index in [0.29, 0.717) is 12.0 Å². The molecule has 2 atom stereocenters. The second-order valence-electron chi connectivity index (χ2n) is 4.68. The van der Waals surface area contributed by atoms with E-state index in [2.05, 4.69) is 11.0 Å². The highest BCUT2D eigenvalue weighted by molar-refractivity contribution is 4.97. The molecule has 0 amide bonds. The van der Waals surface area contributed by atoms with Crippen LogP contribution in [0.15, 0.2) is 0 Å². The monoisotopic (exact) mass is 192 g/mol. The minimum absolute atomic E-state index is 0.327. The van der Waals surface area contributed by atoms with Crippen LogP contribution in [-0.2, 0) is 0 Å². The van der Waals surface area contributed by atoms with Gasteiger partial charge < -0.3 is 0 Å². The molecule has 2 heteroatoms. The van der Waals surface area contributed by atoms with Gasteiger partial charge in [-0.2, -0.15) is 5.26 Å². The molecule has 0 aromatic rings. The molecule has 1 aliphatic carbocycles. The fourth-order valence-corrected chi connectivity index (χ4v) is 2.95. The number of hydrogen-bond donors (Lipinski definition) is 0. The third kappa shape index (κ3) is 2.09. The fraction of sp³-hybridized carbons (Fsp3) is 0.917. The summed E-state index contributed by atoms with van der Waals surface area (Å²) in [4.78, 5) is 2.59. The Morgan fingerprint density at radius 3 is 2.29 bits per heavy atom. The van der Waals surface area contributed by atoms with Gasteiger partial charge in [-0.1, -0.05) is 19.3 Å². The Bertz CT molecular complexity index is 211. The van der Waals surface area contributed by atoms with Crippen LogP contribution in [0.2, 0.25) is 0 Å². The Kier molecular flexibility index (Phi) is 3.42. The highest BCUT2D eigenvalue weighted by atomic mass is 15.2. The van der Waals surface area contributed by atoms with E-state index in [0.717, 1.165) is 6.42 Å². The van der Waals surface area contributed by atoms with Gasteiger partial charge in [-0.05, 0) is 38.8 Å². The molecule has 0 N–H and O–H groups in total. The summed E-state index contributed by atoms with van der Waals surface area (Å²) in [7, 11) is 0. The minimum atomic E-state index is 0.327. The van der Waals surface area contributed by atoms with Crippen LogP contribution in [0.5, 0.6) is 0 Å². The van der Waals surface area contributed by atoms with Crippen molar-refractivity contribution in [3.8, 4) is 6.07 Å². The zero-order valence-corrected chi connectivity index (χ0v) is 8.91. The maximum atomic E-state index is 9.06. The van der Waals surface area contributed by atoms with Gasteiger partial charge in [0.15, 0.2) is 0 Å². The van der Waals surface area contributed by atoms with E-state index in [4.69, 9.17) is 5.26 Å². The average Bonchev–Trinajstić information content (AvgIpc) is 2.52. The van der Waals surface area contributed by atoms with Crippen LogP contribution in [0.4, 0.5) is 0 Å². The summed E-state index contributed by atoms with van der Waals surface area (Å²) in [5.41, 5.74) is 0. The second kappa shape index (κ2) is 4.79. The van der Waals surface area contributed by atoms with Gasteiger partial charge >= 0.3 is 0 Å². The second-order valence-corrected chi connectivity index (χ2v) is 4.68. The summed E-state index contributed by atoms with van der Waals surface area (Å²) >= 11 is 0. The minimum Gasteiger partial charge on any atom is -0.299 e. The quantitative estimate of drug-likeness (QED) is 0.638. The summed E-state index contributed by atoms with van der Waals surface area (Å²) in [6.07, 6.45) is 9.12. The zero-order chi connectivity index (χ0) is 9.80. The van der Waals surface area contributed by atoms with Crippen LogP contribution >= 0.6 is 0 Å². The van der Waals surface area contributed by atoms with Crippen molar-refractivity contribution in [2.24, 2.45) is 5.92 Å². The molecule has 2 aliphatic rings. The number of likely N-dealkylation sites (tertiary alicyclic amines) is 1. The van der Waals surface area contributed by atoms with Gasteiger partial charge in [0.2, 0.25) is 0 Å². The van der Waals surface area contributed by atoms with Gasteiger partial charge in [0, 0.05) is 6.04 Å². The molecule has 0 aromatic heterocycles. The molecule has 0 spiro atoms. The molecule has 1 aliphatic heterocycles. The lowest BCUT2D eigenvalue weighted by molar-refractivity contribution is 0.185. The summed E-state index contributed by atoms with van der Waals surface area (Å²) < 4.78 is 0. The van der Waals surface area contributed by atoms with Gasteiger partial charge in [-0.25, -0.2) is 0 Å². The van der Waals surface area contributed by atoms with Crippen molar-refractivity contribution in [2.75, 3.05) is 13.1 Å². The fourth-order valence-electron chi connectivity index (χ4n) is 2.95. The van der Waals surface area contributed by atoms with Crippen molar-refractivity contribution in [1.29, 1.82) is 5.26 Å². The zero-order valence-electron chi connectivity index (χ0n) is 8.91. The van der Waals surface area contributed by atoms with Gasteiger partial charge in [0.1, 0.15) is 0 Å². The lowest BCUT2D eigenvalue weighted by atomic mass is 10.0. The molecule has 78 valence electrons. The average molecular weight is 192 g/mol. The summed E-state index contributed by atoms with van der Waals surface area (Å²) in [6.45, 7) is 2.48. The summed E-state index contributed by atoms with van der Waals surface area (Å²) in [5.74, 6) is 0.327. The molecule has 0 bridgehead atoms. The standard InChI is InChI=1S/C12H20N2/c13-10-11-6-5-7-12(11)14-8-3-1-2-4-9-14/h11-12H,1-9H2. The van der Waals surface area contributed by atoms with Crippen LogP contribution in [0.3, 0.4) is 0 Å². The Labute approximate surface area is 86.9 Å². The first-order valence-electron chi connectivity index (χ1n) is 6.05. The van der Waals surface area contributed by atoms with Gasteiger partial charge in [-0.15, -0.1) is 0 Å². The van der Waals surface area contributed by atoms with Crippen molar-refractivity contribution in [3.05, 3.63) is 0 Å². The molecular weight excluding hydrogens is 172 g/mol. The highest BCUT2D eigenvalue weighted by Crippen LogP contribution is 2.30. The third-order valence-electron chi connectivity index (χ3n) is 3.75. The van der Waals surface area contributed by atoms with Crippen molar-refractivity contribution < 1.29 is 0 Å². The molecule has 2 nitrogen and oxygen atoms in total. The molecule has 2 unspecified atom stereocenters. The number of nitrogens with zero attached hydrogens (tertiary/aromatic N) is 2. The van der Waals surface area contributed by atoms with Crippen LogP contribution in [0, 0.1) is 17.2 Å². The first-order valence-corrected chi connectivity index (χ1v) is 6.05. The molecule has 1 heterocycles. The topological polar surface area (TPSA) is 27.0 Å². The molecule has 1 saturated heterocycles. The van der Waals surface area contributed by atoms with E-state index in [9.17, 15) is 0 Å². The Hall–Kier alpha value is -0.550. The van der Waals surface area contributed by atoms with Crippen LogP contribution in [0.1, 0.15) is 44.9 Å². The lowest BCUT2D eigenvalue weighted by Gasteiger charge is -2.29. The molecule has 2 fully saturated rings. The lowest BCUT2D eigenvalue weighted by Crippen LogP contribution is -2.38. The Balaban J connectivity index is 1.95. The van der Waals surface area contributed by atoms with Crippen molar-refractivity contribution in [2.45, 2.75) is 51.0 Å². The predicted molar refractivity (Wildman–Crippen MR) is 56.8 cm³/mol. The predicted octanol–water partition coefficient (Wildman–Crippen LogP) is 2.55. The maximum Gasteiger partial charge on any atom is 0.0672 e. The van der Waals surface area contributed by atoms with Crippen LogP contribution in [0.25, 0.3) is 0 Å². The maximum absolute atomic E-state index is 9.06. The van der Waals surface area contributed by atoms with E-state index >= 15 is 0 Å². The largest absolute Gasteiger partial charge is 0.299 e. The van der Waals surface area contributed by atoms with E-state index in [1.807, 2.05) is 0 Å². The van der Waals surface area contributed by atoms with E-state index in [1.165, 1.54) is 51.6 Å². The molecule has 14 heavy (non-hydrogen) atoms. The van der Waals surface area contributed by atoms with Gasteiger partial charge in [0.05, 0.1) is 12.0 Å². The van der Waals surface area contributed by atoms with E-state index < -0.39 is 0 Å². The van der Waals surface area contributed by atoms with Crippen molar-refractivity contribution in [1.82, 2.24) is 4.90 Å².